The Balaban J connectivity index is 0.00000243. The molecule has 8 heteroatoms. The Morgan fingerprint density at radius 2 is 1.85 bits per heavy atom. The van der Waals surface area contributed by atoms with Gasteiger partial charge in [0.25, 0.3) is 5.91 Å². The van der Waals surface area contributed by atoms with Gasteiger partial charge in [0.1, 0.15) is 0 Å². The highest BCUT2D eigenvalue weighted by molar-refractivity contribution is 7.89. The first-order valence-corrected chi connectivity index (χ1v) is 10.5. The van der Waals surface area contributed by atoms with Crippen LogP contribution < -0.4 is 5.32 Å². The summed E-state index contributed by atoms with van der Waals surface area (Å²) in [5.74, 6) is -0.0874. The van der Waals surface area contributed by atoms with Gasteiger partial charge in [0.05, 0.1) is 4.90 Å². The second kappa shape index (κ2) is 9.17. The molecule has 1 N–H and O–H groups in total. The zero-order chi connectivity index (χ0) is 17.9. The average Bonchev–Trinajstić information content (AvgIpc) is 2.68. The van der Waals surface area contributed by atoms with E-state index in [0.29, 0.717) is 31.2 Å². The van der Waals surface area contributed by atoms with Crippen LogP contribution in [0.1, 0.15) is 42.5 Å². The molecule has 3 rings (SSSR count). The molecule has 0 saturated carbocycles. The number of nitrogens with one attached hydrogen (secondary N) is 1. The molecule has 1 aromatic carbocycles. The van der Waals surface area contributed by atoms with Gasteiger partial charge in [0.15, 0.2) is 0 Å². The summed E-state index contributed by atoms with van der Waals surface area (Å²) in [6.45, 7) is 2.52. The highest BCUT2D eigenvalue weighted by Crippen LogP contribution is 2.22. The molecule has 1 atom stereocenters. The van der Waals surface area contributed by atoms with E-state index in [-0.39, 0.29) is 23.2 Å². The van der Waals surface area contributed by atoms with E-state index < -0.39 is 10.0 Å². The summed E-state index contributed by atoms with van der Waals surface area (Å²) in [4.78, 5) is 14.8. The van der Waals surface area contributed by atoms with Crippen molar-refractivity contribution in [2.45, 2.75) is 43.0 Å². The predicted molar refractivity (Wildman–Crippen MR) is 104 cm³/mol. The van der Waals surface area contributed by atoms with Crippen LogP contribution in [0.2, 0.25) is 0 Å². The highest BCUT2D eigenvalue weighted by atomic mass is 35.5. The van der Waals surface area contributed by atoms with E-state index in [0.717, 1.165) is 38.6 Å². The van der Waals surface area contributed by atoms with E-state index in [1.54, 1.807) is 18.2 Å². The van der Waals surface area contributed by atoms with E-state index in [9.17, 15) is 13.2 Å². The first-order chi connectivity index (χ1) is 12.0. The fourth-order valence-corrected chi connectivity index (χ4v) is 5.19. The number of halogens is 1. The van der Waals surface area contributed by atoms with E-state index in [1.807, 2.05) is 11.9 Å². The Bertz CT molecular complexity index is 720. The van der Waals surface area contributed by atoms with Crippen molar-refractivity contribution in [3.05, 3.63) is 29.8 Å². The normalized spacial score (nSPS) is 21.9. The number of sulfonamides is 1. The molecule has 2 heterocycles. The van der Waals surface area contributed by atoms with Crippen molar-refractivity contribution in [2.75, 3.05) is 33.2 Å². The van der Waals surface area contributed by atoms with Gasteiger partial charge in [-0.15, -0.1) is 12.4 Å². The molecule has 0 bridgehead atoms. The Labute approximate surface area is 162 Å². The molecule has 0 radical (unpaired) electrons. The summed E-state index contributed by atoms with van der Waals surface area (Å²) in [6.07, 6.45) is 4.90. The topological polar surface area (TPSA) is 69.7 Å². The van der Waals surface area contributed by atoms with Gasteiger partial charge in [-0.3, -0.25) is 4.79 Å². The third-order valence-corrected chi connectivity index (χ3v) is 7.05. The van der Waals surface area contributed by atoms with Crippen LogP contribution in [0.5, 0.6) is 0 Å². The molecule has 2 saturated heterocycles. The summed E-state index contributed by atoms with van der Waals surface area (Å²) >= 11 is 0. The zero-order valence-corrected chi connectivity index (χ0v) is 16.8. The Morgan fingerprint density at radius 1 is 1.12 bits per heavy atom. The van der Waals surface area contributed by atoms with Crippen molar-refractivity contribution >= 4 is 28.3 Å². The molecule has 1 aromatic rings. The van der Waals surface area contributed by atoms with Crippen molar-refractivity contribution in [3.63, 3.8) is 0 Å². The number of nitrogens with zero attached hydrogens (tertiary/aromatic N) is 2. The van der Waals surface area contributed by atoms with Crippen molar-refractivity contribution < 1.29 is 13.2 Å². The number of hydrogen-bond donors (Lipinski definition) is 1. The smallest absolute Gasteiger partial charge is 0.253 e. The number of piperidine rings is 2. The van der Waals surface area contributed by atoms with Gasteiger partial charge in [-0.05, 0) is 50.9 Å². The molecule has 146 valence electrons. The van der Waals surface area contributed by atoms with Crippen molar-refractivity contribution in [3.8, 4) is 0 Å². The predicted octanol–water partition coefficient (Wildman–Crippen LogP) is 2.11. The second-order valence-corrected chi connectivity index (χ2v) is 8.81. The zero-order valence-electron chi connectivity index (χ0n) is 15.2. The fraction of sp³-hybridized carbons (Fsp3) is 0.611. The largest absolute Gasteiger partial charge is 0.337 e. The minimum absolute atomic E-state index is 0. The maximum absolute atomic E-state index is 12.8. The van der Waals surface area contributed by atoms with E-state index in [2.05, 4.69) is 5.32 Å². The van der Waals surface area contributed by atoms with Crippen LogP contribution >= 0.6 is 12.4 Å². The van der Waals surface area contributed by atoms with Crippen molar-refractivity contribution in [2.24, 2.45) is 0 Å². The summed E-state index contributed by atoms with van der Waals surface area (Å²) in [7, 11) is -1.61. The van der Waals surface area contributed by atoms with Gasteiger partial charge in [-0.1, -0.05) is 12.5 Å². The first kappa shape index (κ1) is 21.2. The molecular formula is C18H28ClN3O3S. The Kier molecular flexibility index (Phi) is 7.46. The Hall–Kier alpha value is -1.15. The van der Waals surface area contributed by atoms with Crippen molar-refractivity contribution in [1.29, 1.82) is 0 Å². The number of likely N-dealkylation sites (N-methyl/N-ethyl adjacent to an activating group) is 1. The van der Waals surface area contributed by atoms with Gasteiger partial charge < -0.3 is 10.2 Å². The van der Waals surface area contributed by atoms with Crippen LogP contribution in [0.15, 0.2) is 29.2 Å². The summed E-state index contributed by atoms with van der Waals surface area (Å²) in [5, 5.41) is 3.22. The first-order valence-electron chi connectivity index (χ1n) is 9.09. The summed E-state index contributed by atoms with van der Waals surface area (Å²) in [6, 6.07) is 6.81. The lowest BCUT2D eigenvalue weighted by Gasteiger charge is -2.32. The maximum atomic E-state index is 12.8. The molecule has 2 aliphatic heterocycles. The molecule has 1 unspecified atom stereocenters. The molecule has 2 aliphatic rings. The minimum atomic E-state index is -3.51. The molecule has 2 fully saturated rings. The number of carbonyl (C=O) groups excluding carboxylic acids is 1. The van der Waals surface area contributed by atoms with Gasteiger partial charge in [0, 0.05) is 37.8 Å². The van der Waals surface area contributed by atoms with Gasteiger partial charge in [0.2, 0.25) is 10.0 Å². The molecular weight excluding hydrogens is 374 g/mol. The van der Waals surface area contributed by atoms with Crippen LogP contribution in [-0.2, 0) is 10.0 Å². The van der Waals surface area contributed by atoms with Crippen LogP contribution in [0.4, 0.5) is 0 Å². The van der Waals surface area contributed by atoms with Gasteiger partial charge in [-0.25, -0.2) is 8.42 Å². The number of benzene rings is 1. The second-order valence-electron chi connectivity index (χ2n) is 6.87. The highest BCUT2D eigenvalue weighted by Gasteiger charge is 2.28. The minimum Gasteiger partial charge on any atom is -0.337 e. The summed E-state index contributed by atoms with van der Waals surface area (Å²) < 4.78 is 27.2. The molecule has 26 heavy (non-hydrogen) atoms. The number of amides is 1. The van der Waals surface area contributed by atoms with E-state index >= 15 is 0 Å². The standard InChI is InChI=1S/C18H27N3O3S.ClH/c1-19-16-8-6-10-20(14-16)18(22)15-7-5-9-17(13-15)25(23,24)21-11-3-2-4-12-21;/h5,7,9,13,16,19H,2-4,6,8,10-12,14H2,1H3;1H. The lowest BCUT2D eigenvalue weighted by atomic mass is 10.0. The lowest BCUT2D eigenvalue weighted by Crippen LogP contribution is -2.47. The molecule has 1 amide bonds. The fourth-order valence-electron chi connectivity index (χ4n) is 3.62. The monoisotopic (exact) mass is 401 g/mol. The molecule has 0 spiro atoms. The van der Waals surface area contributed by atoms with Crippen LogP contribution in [-0.4, -0.2) is 62.8 Å². The number of carbonyl (C=O) groups is 1. The number of likely N-dealkylation sites (tertiary alicyclic amines) is 1. The van der Waals surface area contributed by atoms with Gasteiger partial charge in [-0.2, -0.15) is 4.31 Å². The van der Waals surface area contributed by atoms with Gasteiger partial charge >= 0.3 is 0 Å². The Morgan fingerprint density at radius 3 is 2.54 bits per heavy atom. The third-order valence-electron chi connectivity index (χ3n) is 5.15. The maximum Gasteiger partial charge on any atom is 0.253 e. The van der Waals surface area contributed by atoms with Crippen LogP contribution in [0.25, 0.3) is 0 Å². The SMILES string of the molecule is CNC1CCCN(C(=O)c2cccc(S(=O)(=O)N3CCCCC3)c2)C1.Cl. The van der Waals surface area contributed by atoms with E-state index in [4.69, 9.17) is 0 Å². The molecule has 0 aliphatic carbocycles. The number of hydrogen-bond acceptors (Lipinski definition) is 4. The van der Waals surface area contributed by atoms with Crippen molar-refractivity contribution in [1.82, 2.24) is 14.5 Å². The average molecular weight is 402 g/mol. The number of rotatable bonds is 4. The van der Waals surface area contributed by atoms with Crippen LogP contribution in [0, 0.1) is 0 Å². The quantitative estimate of drug-likeness (QED) is 0.838. The third kappa shape index (κ3) is 4.57. The summed E-state index contributed by atoms with van der Waals surface area (Å²) in [5.41, 5.74) is 0.454. The lowest BCUT2D eigenvalue weighted by molar-refractivity contribution is 0.0698. The molecule has 6 nitrogen and oxygen atoms in total. The van der Waals surface area contributed by atoms with Crippen LogP contribution in [0.3, 0.4) is 0 Å². The van der Waals surface area contributed by atoms with E-state index in [1.165, 1.54) is 10.4 Å². The molecule has 0 aromatic heterocycles.